The first kappa shape index (κ1) is 33.0. The van der Waals surface area contributed by atoms with Gasteiger partial charge in [0.2, 0.25) is 17.7 Å². The maximum Gasteiger partial charge on any atom is 0.245 e. The van der Waals surface area contributed by atoms with E-state index in [1.165, 1.54) is 18.6 Å². The van der Waals surface area contributed by atoms with Crippen LogP contribution in [0.5, 0.6) is 0 Å². The lowest BCUT2D eigenvalue weighted by atomic mass is 9.63. The molecule has 0 aromatic heterocycles. The Labute approximate surface area is 246 Å². The lowest BCUT2D eigenvalue weighted by Gasteiger charge is -2.48. The third-order valence-electron chi connectivity index (χ3n) is 8.75. The Morgan fingerprint density at radius 1 is 1.05 bits per heavy atom. The molecule has 1 aromatic rings. The van der Waals surface area contributed by atoms with E-state index in [4.69, 9.17) is 0 Å². The van der Waals surface area contributed by atoms with E-state index in [-0.39, 0.29) is 41.9 Å². The van der Waals surface area contributed by atoms with E-state index in [2.05, 4.69) is 20.9 Å². The number of rotatable bonds is 12. The first-order chi connectivity index (χ1) is 19.4. The van der Waals surface area contributed by atoms with Crippen molar-refractivity contribution in [3.63, 3.8) is 0 Å². The van der Waals surface area contributed by atoms with Crippen molar-refractivity contribution in [1.82, 2.24) is 25.8 Å². The quantitative estimate of drug-likeness (QED) is 0.356. The Kier molecular flexibility index (Phi) is 12.1. The summed E-state index contributed by atoms with van der Waals surface area (Å²) in [5.74, 6) is -0.221. The minimum absolute atomic E-state index is 0.113. The van der Waals surface area contributed by atoms with Crippen LogP contribution in [-0.4, -0.2) is 85.9 Å². The second kappa shape index (κ2) is 15.1. The molecule has 1 heterocycles. The van der Waals surface area contributed by atoms with Gasteiger partial charge >= 0.3 is 0 Å². The molecule has 2 fully saturated rings. The topological polar surface area (TPSA) is 93.8 Å². The predicted octanol–water partition coefficient (Wildman–Crippen LogP) is 3.50. The molecular formula is C32H52FN5O3. The number of hydrogen-bond donors (Lipinski definition) is 3. The standard InChI is InChI=1S/C32H52FN5O3/c1-31(2,3)36-30(41)32(25-9-7-6-8-10-25)16-20-38(21-17-32)29(40)27(23-24-11-13-26(33)14-12-24)35-28(39)15-19-37(5)22-18-34-4/h11-14,25,27,34H,6-10,15-23H2,1-5H3,(H,35,39)(H,36,41)/t27-/m1/s1. The van der Waals surface area contributed by atoms with Crippen LogP contribution in [0.1, 0.15) is 77.7 Å². The number of benzene rings is 1. The van der Waals surface area contributed by atoms with E-state index >= 15 is 0 Å². The Bertz CT molecular complexity index is 996. The first-order valence-corrected chi connectivity index (χ1v) is 15.4. The van der Waals surface area contributed by atoms with Gasteiger partial charge in [-0.3, -0.25) is 14.4 Å². The van der Waals surface area contributed by atoms with Gasteiger partial charge in [-0.15, -0.1) is 0 Å². The van der Waals surface area contributed by atoms with E-state index in [9.17, 15) is 18.8 Å². The zero-order valence-corrected chi connectivity index (χ0v) is 25.9. The SMILES string of the molecule is CNCCN(C)CCC(=O)N[C@H](Cc1ccc(F)cc1)C(=O)N1CCC(C(=O)NC(C)(C)C)(C2CCCCC2)CC1. The lowest BCUT2D eigenvalue weighted by Crippen LogP contribution is -2.59. The molecule has 8 nitrogen and oxygen atoms in total. The van der Waals surface area contributed by atoms with Gasteiger partial charge in [-0.25, -0.2) is 4.39 Å². The number of nitrogens with zero attached hydrogens (tertiary/aromatic N) is 2. The molecule has 41 heavy (non-hydrogen) atoms. The summed E-state index contributed by atoms with van der Waals surface area (Å²) in [6.07, 6.45) is 7.43. The van der Waals surface area contributed by atoms with Crippen LogP contribution in [0.15, 0.2) is 24.3 Å². The summed E-state index contributed by atoms with van der Waals surface area (Å²) in [5.41, 5.74) is -0.00977. The molecule has 3 N–H and O–H groups in total. The second-order valence-electron chi connectivity index (χ2n) is 13.1. The Balaban J connectivity index is 1.72. The van der Waals surface area contributed by atoms with E-state index in [1.54, 1.807) is 12.1 Å². The third kappa shape index (κ3) is 9.77. The normalized spacial score (nSPS) is 18.7. The molecule has 0 spiro atoms. The number of carbonyl (C=O) groups is 3. The Hall–Kier alpha value is -2.52. The van der Waals surface area contributed by atoms with Crippen molar-refractivity contribution >= 4 is 17.7 Å². The average molecular weight is 574 g/mol. The molecule has 9 heteroatoms. The number of nitrogens with one attached hydrogen (secondary N) is 3. The van der Waals surface area contributed by atoms with Crippen LogP contribution in [0.3, 0.4) is 0 Å². The van der Waals surface area contributed by atoms with E-state index in [1.807, 2.05) is 39.8 Å². The maximum absolute atomic E-state index is 13.9. The van der Waals surface area contributed by atoms with E-state index < -0.39 is 11.5 Å². The molecule has 1 aromatic carbocycles. The van der Waals surface area contributed by atoms with Gasteiger partial charge < -0.3 is 25.8 Å². The molecule has 1 saturated heterocycles. The monoisotopic (exact) mass is 573 g/mol. The van der Waals surface area contributed by atoms with Crippen molar-refractivity contribution in [3.05, 3.63) is 35.6 Å². The fraction of sp³-hybridized carbons (Fsp3) is 0.719. The van der Waals surface area contributed by atoms with Gasteiger partial charge in [0.05, 0.1) is 5.41 Å². The smallest absolute Gasteiger partial charge is 0.245 e. The molecule has 230 valence electrons. The van der Waals surface area contributed by atoms with Crippen molar-refractivity contribution in [2.24, 2.45) is 11.3 Å². The maximum atomic E-state index is 13.9. The number of carbonyl (C=O) groups excluding carboxylic acids is 3. The highest BCUT2D eigenvalue weighted by Gasteiger charge is 2.49. The molecule has 1 saturated carbocycles. The zero-order chi connectivity index (χ0) is 30.0. The van der Waals surface area contributed by atoms with E-state index in [0.29, 0.717) is 38.4 Å². The van der Waals surface area contributed by atoms with Crippen LogP contribution in [0.25, 0.3) is 0 Å². The van der Waals surface area contributed by atoms with Gasteiger partial charge in [0, 0.05) is 51.1 Å². The van der Waals surface area contributed by atoms with Gasteiger partial charge in [-0.1, -0.05) is 31.4 Å². The molecular weight excluding hydrogens is 521 g/mol. The fourth-order valence-electron chi connectivity index (χ4n) is 6.32. The molecule has 2 aliphatic rings. The van der Waals surface area contributed by atoms with Gasteiger partial charge in [0.15, 0.2) is 0 Å². The van der Waals surface area contributed by atoms with Crippen molar-refractivity contribution in [1.29, 1.82) is 0 Å². The minimum atomic E-state index is -0.749. The molecule has 1 atom stereocenters. The summed E-state index contributed by atoms with van der Waals surface area (Å²) in [6, 6.07) is 5.33. The molecule has 3 rings (SSSR count). The Morgan fingerprint density at radius 2 is 1.68 bits per heavy atom. The summed E-state index contributed by atoms with van der Waals surface area (Å²) in [5, 5.41) is 9.34. The van der Waals surface area contributed by atoms with Crippen LogP contribution in [0, 0.1) is 17.2 Å². The summed E-state index contributed by atoms with van der Waals surface area (Å²) in [6.45, 7) is 9.24. The summed E-state index contributed by atoms with van der Waals surface area (Å²) in [4.78, 5) is 44.5. The van der Waals surface area contributed by atoms with Crippen LogP contribution in [0.4, 0.5) is 4.39 Å². The molecule has 1 aliphatic heterocycles. The van der Waals surface area contributed by atoms with Gasteiger partial charge in [0.1, 0.15) is 11.9 Å². The van der Waals surface area contributed by atoms with Crippen molar-refractivity contribution in [3.8, 4) is 0 Å². The zero-order valence-electron chi connectivity index (χ0n) is 25.9. The highest BCUT2D eigenvalue weighted by molar-refractivity contribution is 5.89. The van der Waals surface area contributed by atoms with Gasteiger partial charge in [-0.05, 0) is 84.2 Å². The molecule has 0 radical (unpaired) electrons. The van der Waals surface area contributed by atoms with E-state index in [0.717, 1.165) is 44.3 Å². The number of halogens is 1. The summed E-state index contributed by atoms with van der Waals surface area (Å²) < 4.78 is 13.6. The molecule has 1 aliphatic carbocycles. The number of piperidine rings is 1. The Morgan fingerprint density at radius 3 is 2.27 bits per heavy atom. The average Bonchev–Trinajstić information content (AvgIpc) is 2.95. The third-order valence-corrected chi connectivity index (χ3v) is 8.75. The molecule has 0 unspecified atom stereocenters. The summed E-state index contributed by atoms with van der Waals surface area (Å²) in [7, 11) is 3.86. The van der Waals surface area contributed by atoms with Crippen molar-refractivity contribution < 1.29 is 18.8 Å². The van der Waals surface area contributed by atoms with Crippen LogP contribution in [-0.2, 0) is 20.8 Å². The number of likely N-dealkylation sites (N-methyl/N-ethyl adjacent to an activating group) is 2. The fourth-order valence-corrected chi connectivity index (χ4v) is 6.32. The van der Waals surface area contributed by atoms with Gasteiger partial charge in [0.25, 0.3) is 0 Å². The highest BCUT2D eigenvalue weighted by atomic mass is 19.1. The van der Waals surface area contributed by atoms with Crippen LogP contribution < -0.4 is 16.0 Å². The van der Waals surface area contributed by atoms with Gasteiger partial charge in [-0.2, -0.15) is 0 Å². The van der Waals surface area contributed by atoms with Crippen LogP contribution in [0.2, 0.25) is 0 Å². The van der Waals surface area contributed by atoms with Crippen molar-refractivity contribution in [2.45, 2.75) is 90.1 Å². The largest absolute Gasteiger partial charge is 0.351 e. The number of likely N-dealkylation sites (tertiary alicyclic amines) is 1. The number of hydrogen-bond acceptors (Lipinski definition) is 5. The molecule has 3 amide bonds. The minimum Gasteiger partial charge on any atom is -0.351 e. The first-order valence-electron chi connectivity index (χ1n) is 15.4. The highest BCUT2D eigenvalue weighted by Crippen LogP contribution is 2.46. The molecule has 0 bridgehead atoms. The lowest BCUT2D eigenvalue weighted by molar-refractivity contribution is -0.147. The van der Waals surface area contributed by atoms with Crippen LogP contribution >= 0.6 is 0 Å². The summed E-state index contributed by atoms with van der Waals surface area (Å²) >= 11 is 0. The second-order valence-corrected chi connectivity index (χ2v) is 13.1. The predicted molar refractivity (Wildman–Crippen MR) is 161 cm³/mol. The number of amides is 3. The van der Waals surface area contributed by atoms with Crippen molar-refractivity contribution in [2.75, 3.05) is 46.8 Å².